The fourth-order valence-electron chi connectivity index (χ4n) is 2.36. The van der Waals surface area contributed by atoms with Crippen molar-refractivity contribution < 1.29 is 31.2 Å². The first-order valence-corrected chi connectivity index (χ1v) is 9.48. The quantitative estimate of drug-likeness (QED) is 0.582. The van der Waals surface area contributed by atoms with Crippen molar-refractivity contribution in [3.63, 3.8) is 0 Å². The summed E-state index contributed by atoms with van der Waals surface area (Å²) in [5.74, 6) is -1.46. The summed E-state index contributed by atoms with van der Waals surface area (Å²) >= 11 is 1.01. The highest BCUT2D eigenvalue weighted by Crippen LogP contribution is 2.33. The Hall–Kier alpha value is -2.20. The smallest absolute Gasteiger partial charge is 0.313 e. The zero-order valence-corrected chi connectivity index (χ0v) is 14.0. The minimum atomic E-state index is -4.71. The Kier molecular flexibility index (Phi) is 4.41. The van der Waals surface area contributed by atoms with Gasteiger partial charge in [-0.1, -0.05) is 17.3 Å². The number of hydrogen-bond donors (Lipinski definition) is 0. The first-order valence-electron chi connectivity index (χ1n) is 6.95. The van der Waals surface area contributed by atoms with E-state index in [1.807, 2.05) is 0 Å². The summed E-state index contributed by atoms with van der Waals surface area (Å²) in [6.07, 6.45) is -4.69. The molecule has 0 bridgehead atoms. The molecule has 2 heterocycles. The van der Waals surface area contributed by atoms with Crippen molar-refractivity contribution in [1.82, 2.24) is 0 Å². The minimum Gasteiger partial charge on any atom is -0.313 e. The van der Waals surface area contributed by atoms with Gasteiger partial charge in [-0.25, -0.2) is 13.2 Å². The number of carbonyl (C=O) groups is 1. The van der Waals surface area contributed by atoms with Crippen LogP contribution in [0.3, 0.4) is 0 Å². The monoisotopic (exact) mass is 389 g/mol. The maximum absolute atomic E-state index is 12.9. The number of rotatable bonds is 2. The summed E-state index contributed by atoms with van der Waals surface area (Å²) in [5.41, 5.74) is -1.26. The number of alkyl halides is 3. The summed E-state index contributed by atoms with van der Waals surface area (Å²) in [5, 5.41) is 5.16. The molecule has 2 aromatic rings. The summed E-state index contributed by atoms with van der Waals surface area (Å²) in [7, 11) is -3.40. The number of nitrogens with zero attached hydrogens (tertiary/aromatic N) is 1. The van der Waals surface area contributed by atoms with Crippen LogP contribution in [-0.4, -0.2) is 25.9 Å². The van der Waals surface area contributed by atoms with Crippen molar-refractivity contribution in [2.24, 2.45) is 5.16 Å². The van der Waals surface area contributed by atoms with Gasteiger partial charge in [0.15, 0.2) is 9.84 Å². The lowest BCUT2D eigenvalue weighted by Gasteiger charge is -2.14. The molecule has 25 heavy (non-hydrogen) atoms. The molecule has 0 saturated carbocycles. The van der Waals surface area contributed by atoms with Crippen molar-refractivity contribution in [2.75, 3.05) is 5.75 Å². The van der Waals surface area contributed by atoms with E-state index in [1.54, 1.807) is 5.38 Å². The van der Waals surface area contributed by atoms with Gasteiger partial charge in [0.25, 0.3) is 0 Å². The van der Waals surface area contributed by atoms with Crippen molar-refractivity contribution in [2.45, 2.75) is 16.8 Å². The highest BCUT2D eigenvalue weighted by Gasteiger charge is 2.36. The predicted octanol–water partition coefficient (Wildman–Crippen LogP) is 3.51. The van der Waals surface area contributed by atoms with Crippen molar-refractivity contribution in [1.29, 1.82) is 0 Å². The average molecular weight is 389 g/mol. The van der Waals surface area contributed by atoms with Crippen LogP contribution in [0, 0.1) is 0 Å². The van der Waals surface area contributed by atoms with Crippen LogP contribution in [0.25, 0.3) is 0 Å². The fourth-order valence-corrected chi connectivity index (χ4v) is 5.17. The highest BCUT2D eigenvalue weighted by molar-refractivity contribution is 7.93. The van der Waals surface area contributed by atoms with Crippen LogP contribution in [0.15, 0.2) is 45.1 Å². The molecule has 5 nitrogen and oxygen atoms in total. The Morgan fingerprint density at radius 1 is 1.20 bits per heavy atom. The van der Waals surface area contributed by atoms with Crippen LogP contribution in [-0.2, 0) is 20.9 Å². The molecule has 0 N–H and O–H groups in total. The van der Waals surface area contributed by atoms with Gasteiger partial charge in [-0.05, 0) is 23.6 Å². The van der Waals surface area contributed by atoms with Gasteiger partial charge in [0.1, 0.15) is 4.21 Å². The first kappa shape index (κ1) is 17.6. The average Bonchev–Trinajstić information content (AvgIpc) is 3.04. The van der Waals surface area contributed by atoms with Gasteiger partial charge in [0.2, 0.25) is 0 Å². The number of halogens is 3. The lowest BCUT2D eigenvalue weighted by molar-refractivity contribution is -0.138. The molecule has 0 spiro atoms. The summed E-state index contributed by atoms with van der Waals surface area (Å²) in [4.78, 5) is 16.6. The van der Waals surface area contributed by atoms with Crippen LogP contribution in [0.4, 0.5) is 13.2 Å². The van der Waals surface area contributed by atoms with Crippen molar-refractivity contribution in [3.8, 4) is 0 Å². The molecule has 10 heteroatoms. The number of fused-ring (bicyclic) bond motifs is 1. The Morgan fingerprint density at radius 2 is 1.92 bits per heavy atom. The van der Waals surface area contributed by atoms with E-state index in [0.29, 0.717) is 5.56 Å². The van der Waals surface area contributed by atoms with E-state index in [9.17, 15) is 26.4 Å². The summed E-state index contributed by atoms with van der Waals surface area (Å²) in [6.45, 7) is 0. The van der Waals surface area contributed by atoms with Gasteiger partial charge in [0, 0.05) is 12.0 Å². The second kappa shape index (κ2) is 6.26. The zero-order valence-electron chi connectivity index (χ0n) is 12.4. The molecule has 1 aliphatic rings. The van der Waals surface area contributed by atoms with Gasteiger partial charge in [-0.2, -0.15) is 13.2 Å². The van der Waals surface area contributed by atoms with Gasteiger partial charge in [0.05, 0.1) is 22.6 Å². The van der Waals surface area contributed by atoms with E-state index in [0.717, 1.165) is 29.5 Å². The largest absolute Gasteiger partial charge is 0.417 e. The Balaban J connectivity index is 1.88. The van der Waals surface area contributed by atoms with Gasteiger partial charge >= 0.3 is 12.1 Å². The summed E-state index contributed by atoms with van der Waals surface area (Å²) < 4.78 is 62.8. The van der Waals surface area contributed by atoms with E-state index >= 15 is 0 Å². The SMILES string of the molecule is O=C(ON=C1CCS(=O)(=O)c2sccc21)c1ccccc1C(F)(F)F. The number of carbonyl (C=O) groups excluding carboxylic acids is 1. The maximum Gasteiger partial charge on any atom is 0.417 e. The minimum absolute atomic E-state index is 0.0142. The maximum atomic E-state index is 12.9. The molecule has 132 valence electrons. The summed E-state index contributed by atoms with van der Waals surface area (Å²) in [6, 6.07) is 5.73. The lowest BCUT2D eigenvalue weighted by Crippen LogP contribution is -2.21. The van der Waals surface area contributed by atoms with Gasteiger partial charge in [-0.3, -0.25) is 0 Å². The Labute approximate surface area is 144 Å². The zero-order chi connectivity index (χ0) is 18.2. The third kappa shape index (κ3) is 3.45. The molecule has 0 aliphatic carbocycles. The molecule has 1 aliphatic heterocycles. The van der Waals surface area contributed by atoms with E-state index in [2.05, 4.69) is 9.99 Å². The second-order valence-electron chi connectivity index (χ2n) is 5.15. The molecule has 0 unspecified atom stereocenters. The van der Waals surface area contributed by atoms with E-state index in [1.165, 1.54) is 12.1 Å². The lowest BCUT2D eigenvalue weighted by atomic mass is 10.1. The van der Waals surface area contributed by atoms with Crippen LogP contribution in [0.5, 0.6) is 0 Å². The number of thiophene rings is 1. The van der Waals surface area contributed by atoms with Gasteiger partial charge < -0.3 is 4.84 Å². The highest BCUT2D eigenvalue weighted by atomic mass is 32.2. The van der Waals surface area contributed by atoms with Gasteiger partial charge in [-0.15, -0.1) is 11.3 Å². The van der Waals surface area contributed by atoms with Crippen LogP contribution in [0.1, 0.15) is 27.9 Å². The molecule has 0 amide bonds. The fraction of sp³-hybridized carbons (Fsp3) is 0.200. The molecular formula is C15H10F3NO4S2. The van der Waals surface area contributed by atoms with E-state index in [4.69, 9.17) is 0 Å². The predicted molar refractivity (Wildman–Crippen MR) is 84.4 cm³/mol. The first-order chi connectivity index (χ1) is 11.7. The van der Waals surface area contributed by atoms with E-state index < -0.39 is 33.1 Å². The molecule has 1 aromatic heterocycles. The third-order valence-electron chi connectivity index (χ3n) is 3.52. The molecule has 3 rings (SSSR count). The Morgan fingerprint density at radius 3 is 2.64 bits per heavy atom. The van der Waals surface area contributed by atoms with E-state index in [-0.39, 0.29) is 22.1 Å². The third-order valence-corrected chi connectivity index (χ3v) is 6.80. The molecule has 0 fully saturated rings. The Bertz CT molecular complexity index is 961. The second-order valence-corrected chi connectivity index (χ2v) is 8.37. The molecule has 1 aromatic carbocycles. The molecule has 0 atom stereocenters. The molecule has 0 saturated heterocycles. The van der Waals surface area contributed by atoms with Crippen LogP contribution >= 0.6 is 11.3 Å². The topological polar surface area (TPSA) is 72.8 Å². The number of hydrogen-bond acceptors (Lipinski definition) is 6. The van der Waals surface area contributed by atoms with Crippen LogP contribution in [0.2, 0.25) is 0 Å². The van der Waals surface area contributed by atoms with Crippen LogP contribution < -0.4 is 0 Å². The van der Waals surface area contributed by atoms with Crippen molar-refractivity contribution >= 4 is 32.9 Å². The van der Waals surface area contributed by atoms with Crippen molar-refractivity contribution in [3.05, 3.63) is 52.4 Å². The number of benzene rings is 1. The molecule has 0 radical (unpaired) electrons. The molecular weight excluding hydrogens is 379 g/mol. The standard InChI is InChI=1S/C15H10F3NO4S2/c16-15(17,18)11-4-2-1-3-9(11)13(20)23-19-12-6-8-25(21,22)14-10(12)5-7-24-14/h1-5,7H,6,8H2. The normalized spacial score (nSPS) is 18.0. The number of sulfone groups is 1. The number of oxime groups is 1.